The topological polar surface area (TPSA) is 32.5 Å². The molecule has 0 atom stereocenters. The summed E-state index contributed by atoms with van der Waals surface area (Å²) in [5, 5.41) is 0. The van der Waals surface area contributed by atoms with Crippen molar-refractivity contribution in [3.63, 3.8) is 0 Å². The second-order valence-electron chi connectivity index (χ2n) is 5.26. The van der Waals surface area contributed by atoms with Gasteiger partial charge in [0, 0.05) is 13.6 Å². The van der Waals surface area contributed by atoms with Crippen molar-refractivity contribution in [2.75, 3.05) is 44.9 Å². The van der Waals surface area contributed by atoms with Gasteiger partial charge in [-0.05, 0) is 44.8 Å². The molecule has 3 nitrogen and oxygen atoms in total. The third-order valence-electron chi connectivity index (χ3n) is 3.01. The highest BCUT2D eigenvalue weighted by Gasteiger charge is 2.27. The zero-order chi connectivity index (χ0) is 15.3. The molecule has 2 N–H and O–H groups in total. The maximum atomic E-state index is 12.3. The zero-order valence-corrected chi connectivity index (χ0v) is 12.2. The van der Waals surface area contributed by atoms with Crippen LogP contribution < -0.4 is 10.6 Å². The lowest BCUT2D eigenvalue weighted by Crippen LogP contribution is -2.24. The Bertz CT molecular complexity index is 430. The fourth-order valence-corrected chi connectivity index (χ4v) is 2.04. The molecule has 0 aromatic heterocycles. The maximum absolute atomic E-state index is 12.3. The number of halogens is 3. The van der Waals surface area contributed by atoms with Crippen molar-refractivity contribution in [3.05, 3.63) is 23.8 Å². The molecule has 0 unspecified atom stereocenters. The smallest absolute Gasteiger partial charge is 0.393 e. The molecule has 0 fully saturated rings. The minimum Gasteiger partial charge on any atom is -0.397 e. The number of nitrogens with two attached hydrogens (primary N) is 1. The first-order valence-corrected chi connectivity index (χ1v) is 6.50. The SMILES string of the molecule is CN(C)CCCN(C)c1ccc(CC(F)(F)F)cc1N. The third-order valence-corrected chi connectivity index (χ3v) is 3.01. The molecule has 114 valence electrons. The van der Waals surface area contributed by atoms with Gasteiger partial charge in [-0.3, -0.25) is 0 Å². The Balaban J connectivity index is 2.67. The van der Waals surface area contributed by atoms with E-state index in [9.17, 15) is 13.2 Å². The molecule has 0 saturated carbocycles. The Morgan fingerprint density at radius 1 is 1.10 bits per heavy atom. The lowest BCUT2D eigenvalue weighted by atomic mass is 10.1. The number of hydrogen-bond donors (Lipinski definition) is 1. The fourth-order valence-electron chi connectivity index (χ4n) is 2.04. The van der Waals surface area contributed by atoms with Crippen LogP contribution in [0.15, 0.2) is 18.2 Å². The lowest BCUT2D eigenvalue weighted by Gasteiger charge is -2.22. The number of alkyl halides is 3. The number of nitrogen functional groups attached to an aromatic ring is 1. The molecule has 0 radical (unpaired) electrons. The molecular formula is C14H22F3N3. The molecule has 0 amide bonds. The summed E-state index contributed by atoms with van der Waals surface area (Å²) < 4.78 is 37.0. The molecule has 20 heavy (non-hydrogen) atoms. The van der Waals surface area contributed by atoms with Crippen molar-refractivity contribution in [3.8, 4) is 0 Å². The highest BCUT2D eigenvalue weighted by atomic mass is 19.4. The predicted octanol–water partition coefficient (Wildman–Crippen LogP) is 2.76. The predicted molar refractivity (Wildman–Crippen MR) is 77.1 cm³/mol. The third kappa shape index (κ3) is 5.69. The Morgan fingerprint density at radius 2 is 1.75 bits per heavy atom. The van der Waals surface area contributed by atoms with Gasteiger partial charge in [-0.2, -0.15) is 13.2 Å². The van der Waals surface area contributed by atoms with Gasteiger partial charge in [-0.25, -0.2) is 0 Å². The average molecular weight is 289 g/mol. The van der Waals surface area contributed by atoms with Gasteiger partial charge in [0.1, 0.15) is 0 Å². The molecule has 0 bridgehead atoms. The van der Waals surface area contributed by atoms with Crippen molar-refractivity contribution in [2.45, 2.75) is 19.0 Å². The molecule has 6 heteroatoms. The Kier molecular flexibility index (Phi) is 5.68. The summed E-state index contributed by atoms with van der Waals surface area (Å²) in [4.78, 5) is 4.06. The summed E-state index contributed by atoms with van der Waals surface area (Å²) in [5.41, 5.74) is 7.21. The Hall–Kier alpha value is -1.43. The average Bonchev–Trinajstić information content (AvgIpc) is 2.25. The highest BCUT2D eigenvalue weighted by molar-refractivity contribution is 5.68. The second-order valence-corrected chi connectivity index (χ2v) is 5.26. The van der Waals surface area contributed by atoms with Crippen LogP contribution in [0, 0.1) is 0 Å². The van der Waals surface area contributed by atoms with Gasteiger partial charge in [0.25, 0.3) is 0 Å². The first kappa shape index (κ1) is 16.6. The zero-order valence-electron chi connectivity index (χ0n) is 12.2. The van der Waals surface area contributed by atoms with Crippen LogP contribution in [0.5, 0.6) is 0 Å². The van der Waals surface area contributed by atoms with E-state index in [4.69, 9.17) is 5.73 Å². The van der Waals surface area contributed by atoms with Gasteiger partial charge in [0.15, 0.2) is 0 Å². The Morgan fingerprint density at radius 3 is 2.25 bits per heavy atom. The molecule has 1 rings (SSSR count). The van der Waals surface area contributed by atoms with Crippen molar-refractivity contribution >= 4 is 11.4 Å². The van der Waals surface area contributed by atoms with E-state index in [1.54, 1.807) is 6.07 Å². The minimum atomic E-state index is -4.20. The quantitative estimate of drug-likeness (QED) is 0.817. The number of anilines is 2. The molecule has 1 aromatic rings. The van der Waals surface area contributed by atoms with Crippen LogP contribution in [0.4, 0.5) is 24.5 Å². The standard InChI is InChI=1S/C14H22F3N3/c1-19(2)7-4-8-20(3)13-6-5-11(9-12(13)18)10-14(15,16)17/h5-6,9H,4,7-8,10,18H2,1-3H3. The van der Waals surface area contributed by atoms with E-state index >= 15 is 0 Å². The van der Waals surface area contributed by atoms with E-state index in [0.29, 0.717) is 5.69 Å². The molecular weight excluding hydrogens is 267 g/mol. The largest absolute Gasteiger partial charge is 0.397 e. The van der Waals surface area contributed by atoms with Gasteiger partial charge >= 0.3 is 6.18 Å². The molecule has 0 saturated heterocycles. The van der Waals surface area contributed by atoms with Crippen LogP contribution in [-0.4, -0.2) is 45.3 Å². The Labute approximate surface area is 118 Å². The molecule has 0 heterocycles. The number of rotatable bonds is 6. The van der Waals surface area contributed by atoms with E-state index < -0.39 is 12.6 Å². The first-order valence-electron chi connectivity index (χ1n) is 6.50. The molecule has 0 aliphatic carbocycles. The van der Waals surface area contributed by atoms with Gasteiger partial charge in [-0.1, -0.05) is 6.07 Å². The summed E-state index contributed by atoms with van der Waals surface area (Å²) in [6, 6.07) is 4.55. The number of hydrogen-bond acceptors (Lipinski definition) is 3. The van der Waals surface area contributed by atoms with Gasteiger partial charge < -0.3 is 15.5 Å². The van der Waals surface area contributed by atoms with Crippen LogP contribution in [0.2, 0.25) is 0 Å². The van der Waals surface area contributed by atoms with Gasteiger partial charge in [-0.15, -0.1) is 0 Å². The molecule has 1 aromatic carbocycles. The molecule has 0 aliphatic heterocycles. The van der Waals surface area contributed by atoms with E-state index in [2.05, 4.69) is 4.90 Å². The summed E-state index contributed by atoms with van der Waals surface area (Å²) in [6.07, 6.45) is -4.18. The van der Waals surface area contributed by atoms with Crippen LogP contribution >= 0.6 is 0 Å². The van der Waals surface area contributed by atoms with Crippen molar-refractivity contribution < 1.29 is 13.2 Å². The van der Waals surface area contributed by atoms with E-state index in [-0.39, 0.29) is 5.56 Å². The van der Waals surface area contributed by atoms with Crippen molar-refractivity contribution in [2.24, 2.45) is 0 Å². The van der Waals surface area contributed by atoms with E-state index in [1.807, 2.05) is 26.0 Å². The van der Waals surface area contributed by atoms with Crippen LogP contribution in [-0.2, 0) is 6.42 Å². The fraction of sp³-hybridized carbons (Fsp3) is 0.571. The summed E-state index contributed by atoms with van der Waals surface area (Å²) in [6.45, 7) is 1.76. The number of nitrogens with zero attached hydrogens (tertiary/aromatic N) is 2. The first-order chi connectivity index (χ1) is 9.19. The van der Waals surface area contributed by atoms with Crippen molar-refractivity contribution in [1.82, 2.24) is 4.90 Å². The van der Waals surface area contributed by atoms with Gasteiger partial charge in [0.05, 0.1) is 17.8 Å². The monoisotopic (exact) mass is 289 g/mol. The van der Waals surface area contributed by atoms with Gasteiger partial charge in [0.2, 0.25) is 0 Å². The highest BCUT2D eigenvalue weighted by Crippen LogP contribution is 2.27. The van der Waals surface area contributed by atoms with Crippen LogP contribution in [0.1, 0.15) is 12.0 Å². The van der Waals surface area contributed by atoms with E-state index in [1.165, 1.54) is 12.1 Å². The van der Waals surface area contributed by atoms with Crippen LogP contribution in [0.3, 0.4) is 0 Å². The van der Waals surface area contributed by atoms with Crippen LogP contribution in [0.25, 0.3) is 0 Å². The minimum absolute atomic E-state index is 0.195. The molecule has 0 aliphatic rings. The lowest BCUT2D eigenvalue weighted by molar-refractivity contribution is -0.127. The summed E-state index contributed by atoms with van der Waals surface area (Å²) in [5.74, 6) is 0. The molecule has 0 spiro atoms. The maximum Gasteiger partial charge on any atom is 0.393 e. The normalized spacial score (nSPS) is 11.9. The second kappa shape index (κ2) is 6.83. The van der Waals surface area contributed by atoms with E-state index in [0.717, 1.165) is 25.2 Å². The number of benzene rings is 1. The summed E-state index contributed by atoms with van der Waals surface area (Å²) >= 11 is 0. The summed E-state index contributed by atoms with van der Waals surface area (Å²) in [7, 11) is 5.89. The van der Waals surface area contributed by atoms with Crippen molar-refractivity contribution in [1.29, 1.82) is 0 Å².